The van der Waals surface area contributed by atoms with Crippen LogP contribution in [0.25, 0.3) is 0 Å². The van der Waals surface area contributed by atoms with Crippen LogP contribution in [0.5, 0.6) is 0 Å². The topological polar surface area (TPSA) is 0 Å². The van der Waals surface area contributed by atoms with Gasteiger partial charge in [0.25, 0.3) is 0 Å². The molecule has 0 N–H and O–H groups in total. The lowest BCUT2D eigenvalue weighted by Gasteiger charge is -2.52. The molecular formula is C23H35F11. The summed E-state index contributed by atoms with van der Waals surface area (Å²) in [6.45, 7) is 2.15. The molecule has 0 aromatic rings. The molecule has 0 heterocycles. The Bertz CT molecular complexity index is 572. The average molecular weight is 521 g/mol. The molecule has 0 nitrogen and oxygen atoms in total. The molecule has 0 aliphatic heterocycles. The second kappa shape index (κ2) is 12.0. The molecule has 11 heteroatoms. The summed E-state index contributed by atoms with van der Waals surface area (Å²) in [5.74, 6) is -34.5. The summed E-state index contributed by atoms with van der Waals surface area (Å²) >= 11 is 0. The lowest BCUT2D eigenvalue weighted by atomic mass is 9.70. The van der Waals surface area contributed by atoms with Crippen LogP contribution in [0, 0.1) is 0 Å². The van der Waals surface area contributed by atoms with Gasteiger partial charge in [-0.05, 0) is 12.8 Å². The quantitative estimate of drug-likeness (QED) is 0.140. The molecule has 0 amide bonds. The molecule has 204 valence electrons. The van der Waals surface area contributed by atoms with Crippen LogP contribution in [-0.4, -0.2) is 35.3 Å². The number of hydrogen-bond acceptors (Lipinski definition) is 0. The highest BCUT2D eigenvalue weighted by Gasteiger charge is 3.00. The number of rotatable bonds is 16. The van der Waals surface area contributed by atoms with Gasteiger partial charge in [-0.3, -0.25) is 0 Å². The Morgan fingerprint density at radius 2 is 0.559 bits per heavy atom. The zero-order valence-electron chi connectivity index (χ0n) is 19.5. The summed E-state index contributed by atoms with van der Waals surface area (Å²) in [4.78, 5) is 0. The predicted octanol–water partition coefficient (Wildman–Crippen LogP) is 10.1. The molecule has 34 heavy (non-hydrogen) atoms. The molecule has 1 aliphatic carbocycles. The van der Waals surface area contributed by atoms with E-state index in [9.17, 15) is 48.3 Å². The maximum Gasteiger partial charge on any atom is 0.384 e. The van der Waals surface area contributed by atoms with E-state index in [0.717, 1.165) is 38.5 Å². The van der Waals surface area contributed by atoms with Gasteiger partial charge in [0.05, 0.1) is 0 Å². The maximum atomic E-state index is 14.5. The SMILES string of the molecule is CCCCCCCCCCCCCCCCCC1(F)C(F)(F)C(F)(F)C(F)(F)C(F)(F)C1(F)F. The van der Waals surface area contributed by atoms with Crippen molar-refractivity contribution in [1.82, 2.24) is 0 Å². The predicted molar refractivity (Wildman–Crippen MR) is 108 cm³/mol. The maximum absolute atomic E-state index is 14.5. The van der Waals surface area contributed by atoms with Crippen molar-refractivity contribution in [2.75, 3.05) is 0 Å². The lowest BCUT2D eigenvalue weighted by molar-refractivity contribution is -0.485. The molecule has 0 unspecified atom stereocenters. The fourth-order valence-corrected chi connectivity index (χ4v) is 4.34. The van der Waals surface area contributed by atoms with Gasteiger partial charge in [0.1, 0.15) is 0 Å². The molecule has 0 spiro atoms. The molecule has 1 fully saturated rings. The third kappa shape index (κ3) is 5.62. The first-order valence-electron chi connectivity index (χ1n) is 12.1. The zero-order chi connectivity index (χ0) is 26.3. The Balaban J connectivity index is 2.40. The Kier molecular flexibility index (Phi) is 11.0. The second-order valence-corrected chi connectivity index (χ2v) is 9.37. The van der Waals surface area contributed by atoms with Gasteiger partial charge in [-0.15, -0.1) is 0 Å². The van der Waals surface area contributed by atoms with Crippen molar-refractivity contribution in [3.05, 3.63) is 0 Å². The van der Waals surface area contributed by atoms with Gasteiger partial charge in [-0.1, -0.05) is 96.8 Å². The van der Waals surface area contributed by atoms with E-state index < -0.39 is 48.1 Å². The van der Waals surface area contributed by atoms with Gasteiger partial charge in [0.15, 0.2) is 0 Å². The second-order valence-electron chi connectivity index (χ2n) is 9.37. The zero-order valence-corrected chi connectivity index (χ0v) is 19.5. The van der Waals surface area contributed by atoms with Crippen LogP contribution in [0.2, 0.25) is 0 Å². The summed E-state index contributed by atoms with van der Waals surface area (Å²) < 4.78 is 150. The first kappa shape index (κ1) is 31.3. The van der Waals surface area contributed by atoms with E-state index >= 15 is 0 Å². The molecule has 1 saturated carbocycles. The van der Waals surface area contributed by atoms with Gasteiger partial charge in [-0.25, -0.2) is 4.39 Å². The highest BCUT2D eigenvalue weighted by molar-refractivity contribution is 5.26. The van der Waals surface area contributed by atoms with Crippen molar-refractivity contribution in [2.45, 2.75) is 145 Å². The number of halogens is 11. The Morgan fingerprint density at radius 1 is 0.324 bits per heavy atom. The Hall–Kier alpha value is -0.770. The molecule has 0 atom stereocenters. The molecule has 1 rings (SSSR count). The van der Waals surface area contributed by atoms with Crippen molar-refractivity contribution in [3.63, 3.8) is 0 Å². The van der Waals surface area contributed by atoms with Crippen LogP contribution in [0.15, 0.2) is 0 Å². The minimum atomic E-state index is -7.13. The van der Waals surface area contributed by atoms with Gasteiger partial charge in [0.2, 0.25) is 5.67 Å². The van der Waals surface area contributed by atoms with Crippen LogP contribution in [0.4, 0.5) is 48.3 Å². The standard InChI is InChI=1S/C23H35F11/c1-2-3-4-5-6-7-8-9-10-11-12-13-14-15-16-17-18(24)19(25,26)21(29,30)23(33,34)22(31,32)20(18,27)28/h2-17H2,1H3. The van der Waals surface area contributed by atoms with Gasteiger partial charge >= 0.3 is 29.6 Å². The van der Waals surface area contributed by atoms with Gasteiger partial charge in [0, 0.05) is 0 Å². The lowest BCUT2D eigenvalue weighted by Crippen LogP contribution is -2.83. The molecule has 0 radical (unpaired) electrons. The largest absolute Gasteiger partial charge is 0.384 e. The van der Waals surface area contributed by atoms with E-state index in [4.69, 9.17) is 0 Å². The molecule has 0 bridgehead atoms. The van der Waals surface area contributed by atoms with E-state index in [1.54, 1.807) is 0 Å². The minimum absolute atomic E-state index is 0.164. The number of alkyl halides is 11. The van der Waals surface area contributed by atoms with Crippen LogP contribution >= 0.6 is 0 Å². The summed E-state index contributed by atoms with van der Waals surface area (Å²) in [5.41, 5.74) is -5.81. The smallest absolute Gasteiger partial charge is 0.230 e. The van der Waals surface area contributed by atoms with E-state index in [1.807, 2.05) is 0 Å². The monoisotopic (exact) mass is 520 g/mol. The minimum Gasteiger partial charge on any atom is -0.230 e. The first-order valence-corrected chi connectivity index (χ1v) is 12.1. The summed E-state index contributed by atoms with van der Waals surface area (Å²) in [6.07, 6.45) is 9.68. The van der Waals surface area contributed by atoms with Gasteiger partial charge < -0.3 is 0 Å². The normalized spacial score (nSPS) is 23.6. The van der Waals surface area contributed by atoms with E-state index in [1.165, 1.54) is 32.1 Å². The average Bonchev–Trinajstić information content (AvgIpc) is 2.74. The van der Waals surface area contributed by atoms with E-state index in [2.05, 4.69) is 6.92 Å². The van der Waals surface area contributed by atoms with Crippen molar-refractivity contribution >= 4 is 0 Å². The first-order chi connectivity index (χ1) is 15.6. The highest BCUT2D eigenvalue weighted by atomic mass is 19.4. The molecule has 0 saturated heterocycles. The molecular weight excluding hydrogens is 485 g/mol. The summed E-state index contributed by atoms with van der Waals surface area (Å²) in [7, 11) is 0. The molecule has 0 aromatic carbocycles. The Labute approximate surface area is 194 Å². The fraction of sp³-hybridized carbons (Fsp3) is 1.00. The molecule has 0 aromatic heterocycles. The number of hydrogen-bond donors (Lipinski definition) is 0. The third-order valence-electron chi connectivity index (χ3n) is 6.70. The van der Waals surface area contributed by atoms with Crippen LogP contribution in [0.3, 0.4) is 0 Å². The Morgan fingerprint density at radius 3 is 0.853 bits per heavy atom. The van der Waals surface area contributed by atoms with Crippen molar-refractivity contribution in [1.29, 1.82) is 0 Å². The van der Waals surface area contributed by atoms with Crippen molar-refractivity contribution < 1.29 is 48.3 Å². The summed E-state index contributed by atoms with van der Waals surface area (Å²) in [5, 5.41) is 0. The van der Waals surface area contributed by atoms with Gasteiger partial charge in [-0.2, -0.15) is 43.9 Å². The van der Waals surface area contributed by atoms with Crippen LogP contribution in [-0.2, 0) is 0 Å². The molecule has 1 aliphatic rings. The van der Waals surface area contributed by atoms with E-state index in [0.29, 0.717) is 6.42 Å². The van der Waals surface area contributed by atoms with Crippen molar-refractivity contribution in [3.8, 4) is 0 Å². The fourth-order valence-electron chi connectivity index (χ4n) is 4.34. The highest BCUT2D eigenvalue weighted by Crippen LogP contribution is 2.70. The van der Waals surface area contributed by atoms with Crippen molar-refractivity contribution in [2.24, 2.45) is 0 Å². The van der Waals surface area contributed by atoms with Crippen LogP contribution in [0.1, 0.15) is 110 Å². The van der Waals surface area contributed by atoms with E-state index in [-0.39, 0.29) is 12.8 Å². The third-order valence-corrected chi connectivity index (χ3v) is 6.70. The summed E-state index contributed by atoms with van der Waals surface area (Å²) in [6, 6.07) is 0. The van der Waals surface area contributed by atoms with Crippen LogP contribution < -0.4 is 0 Å². The number of unbranched alkanes of at least 4 members (excludes halogenated alkanes) is 14.